The van der Waals surface area contributed by atoms with E-state index in [4.69, 9.17) is 0 Å². The Labute approximate surface area is 185 Å². The van der Waals surface area contributed by atoms with Gasteiger partial charge in [-0.15, -0.1) is 0 Å². The summed E-state index contributed by atoms with van der Waals surface area (Å²) in [6.45, 7) is 4.45. The zero-order valence-corrected chi connectivity index (χ0v) is 18.0. The zero-order chi connectivity index (χ0) is 22.1. The third-order valence-corrected chi connectivity index (χ3v) is 6.03. The molecule has 0 radical (unpaired) electrons. The summed E-state index contributed by atoms with van der Waals surface area (Å²) in [5.41, 5.74) is 3.00. The summed E-state index contributed by atoms with van der Waals surface area (Å²) >= 11 is 0. The average molecular weight is 431 g/mol. The summed E-state index contributed by atoms with van der Waals surface area (Å²) < 4.78 is 3.38. The maximum absolute atomic E-state index is 12.5. The van der Waals surface area contributed by atoms with Crippen molar-refractivity contribution >= 4 is 17.2 Å². The number of fused-ring (bicyclic) bond motifs is 2. The first-order valence-corrected chi connectivity index (χ1v) is 11.0. The fourth-order valence-electron chi connectivity index (χ4n) is 4.37. The molecule has 0 saturated heterocycles. The van der Waals surface area contributed by atoms with Crippen LogP contribution in [0.3, 0.4) is 0 Å². The highest BCUT2D eigenvalue weighted by Crippen LogP contribution is 2.32. The molecule has 1 amide bonds. The molecule has 4 aromatic rings. The van der Waals surface area contributed by atoms with Gasteiger partial charge in [-0.1, -0.05) is 19.1 Å². The van der Waals surface area contributed by atoms with E-state index in [9.17, 15) is 9.59 Å². The van der Waals surface area contributed by atoms with Crippen molar-refractivity contribution in [2.75, 3.05) is 6.54 Å². The lowest BCUT2D eigenvalue weighted by Gasteiger charge is -2.32. The molecule has 0 bridgehead atoms. The van der Waals surface area contributed by atoms with Gasteiger partial charge in [-0.25, -0.2) is 9.97 Å². The van der Waals surface area contributed by atoms with Crippen LogP contribution in [0.15, 0.2) is 59.8 Å². The fraction of sp³-hybridized carbons (Fsp3) is 0.333. The van der Waals surface area contributed by atoms with Gasteiger partial charge < -0.3 is 15.0 Å². The predicted molar refractivity (Wildman–Crippen MR) is 121 cm³/mol. The number of aromatic nitrogens is 4. The number of amides is 1. The summed E-state index contributed by atoms with van der Waals surface area (Å²) in [5, 5.41) is 6.35. The van der Waals surface area contributed by atoms with Crippen LogP contribution in [-0.2, 0) is 13.1 Å². The van der Waals surface area contributed by atoms with Crippen molar-refractivity contribution in [2.45, 2.75) is 32.9 Å². The molecule has 4 heterocycles. The molecule has 0 unspecified atom stereocenters. The molecule has 5 rings (SSSR count). The van der Waals surface area contributed by atoms with Crippen molar-refractivity contribution in [1.82, 2.24) is 29.4 Å². The van der Waals surface area contributed by atoms with Crippen LogP contribution in [0.4, 0.5) is 0 Å². The van der Waals surface area contributed by atoms with Gasteiger partial charge in [-0.2, -0.15) is 0 Å². The molecule has 0 aromatic carbocycles. The predicted octanol–water partition coefficient (Wildman–Crippen LogP) is 2.41. The Bertz CT molecular complexity index is 1340. The Morgan fingerprint density at radius 2 is 1.97 bits per heavy atom. The maximum Gasteiger partial charge on any atom is 0.270 e. The summed E-state index contributed by atoms with van der Waals surface area (Å²) in [5.74, 6) is 1.28. The number of carbonyl (C=O) groups is 1. The molecule has 32 heavy (non-hydrogen) atoms. The number of nitrogens with one attached hydrogen (secondary N) is 2. The van der Waals surface area contributed by atoms with Crippen molar-refractivity contribution < 1.29 is 4.79 Å². The first kappa shape index (κ1) is 20.4. The molecular weight excluding hydrogens is 404 g/mol. The molecule has 164 valence electrons. The Balaban J connectivity index is 1.21. The molecule has 0 aliphatic heterocycles. The van der Waals surface area contributed by atoms with E-state index in [0.29, 0.717) is 5.65 Å². The highest BCUT2D eigenvalue weighted by atomic mass is 16.2. The summed E-state index contributed by atoms with van der Waals surface area (Å²) in [7, 11) is 0. The highest BCUT2D eigenvalue weighted by Gasteiger charge is 2.24. The lowest BCUT2D eigenvalue weighted by molar-refractivity contribution is 0.0945. The van der Waals surface area contributed by atoms with Crippen LogP contribution in [0.2, 0.25) is 0 Å². The number of imidazole rings is 1. The first-order valence-electron chi connectivity index (χ1n) is 11.0. The van der Waals surface area contributed by atoms with Crippen LogP contribution in [-0.4, -0.2) is 31.2 Å². The molecule has 1 aliphatic rings. The lowest BCUT2D eigenvalue weighted by atomic mass is 9.76. The quantitative estimate of drug-likeness (QED) is 0.470. The van der Waals surface area contributed by atoms with E-state index in [1.54, 1.807) is 24.4 Å². The van der Waals surface area contributed by atoms with Gasteiger partial charge in [-0.05, 0) is 55.0 Å². The van der Waals surface area contributed by atoms with Gasteiger partial charge in [0.25, 0.3) is 11.5 Å². The van der Waals surface area contributed by atoms with Crippen LogP contribution >= 0.6 is 0 Å². The second-order valence-electron chi connectivity index (χ2n) is 8.70. The number of nitrogens with zero attached hydrogens (tertiary/aromatic N) is 4. The smallest absolute Gasteiger partial charge is 0.270 e. The number of hydrogen-bond donors (Lipinski definition) is 2. The molecule has 0 spiro atoms. The Hall–Kier alpha value is -3.52. The van der Waals surface area contributed by atoms with Crippen LogP contribution < -0.4 is 16.2 Å². The van der Waals surface area contributed by atoms with Crippen molar-refractivity contribution in [3.63, 3.8) is 0 Å². The van der Waals surface area contributed by atoms with Crippen molar-refractivity contribution in [2.24, 2.45) is 11.8 Å². The molecule has 8 nitrogen and oxygen atoms in total. The van der Waals surface area contributed by atoms with Gasteiger partial charge in [0.05, 0.1) is 12.2 Å². The van der Waals surface area contributed by atoms with Gasteiger partial charge in [-0.3, -0.25) is 14.0 Å². The monoisotopic (exact) mass is 430 g/mol. The Kier molecular flexibility index (Phi) is 5.45. The second kappa shape index (κ2) is 8.55. The average Bonchev–Trinajstić information content (AvgIpc) is 3.18. The van der Waals surface area contributed by atoms with E-state index < -0.39 is 5.91 Å². The largest absolute Gasteiger partial charge is 0.345 e. The molecule has 4 aromatic heterocycles. The van der Waals surface area contributed by atoms with Crippen LogP contribution in [0, 0.1) is 11.8 Å². The molecule has 2 N–H and O–H groups in total. The van der Waals surface area contributed by atoms with E-state index in [-0.39, 0.29) is 17.8 Å². The number of hydrogen-bond acceptors (Lipinski definition) is 5. The summed E-state index contributed by atoms with van der Waals surface area (Å²) in [6, 6.07) is 10.5. The Morgan fingerprint density at radius 1 is 1.09 bits per heavy atom. The van der Waals surface area contributed by atoms with E-state index >= 15 is 0 Å². The minimum Gasteiger partial charge on any atom is -0.345 e. The summed E-state index contributed by atoms with van der Waals surface area (Å²) in [4.78, 5) is 33.6. The second-order valence-corrected chi connectivity index (χ2v) is 8.70. The van der Waals surface area contributed by atoms with Gasteiger partial charge >= 0.3 is 0 Å². The van der Waals surface area contributed by atoms with E-state index in [0.717, 1.165) is 36.3 Å². The minimum absolute atomic E-state index is 0.0965. The highest BCUT2D eigenvalue weighted by molar-refractivity contribution is 5.92. The first-order chi connectivity index (χ1) is 15.5. The van der Waals surface area contributed by atoms with Crippen molar-refractivity contribution in [1.29, 1.82) is 0 Å². The van der Waals surface area contributed by atoms with E-state index in [1.165, 1.54) is 28.9 Å². The standard InChI is InChI=1S/C24H26N6O2/c1-16-8-18(9-16)12-25-11-17-5-6-21-27-19(15-29(21)14-17)13-26-24(32)20-10-23(31)30-7-3-2-4-22(30)28-20/h2-7,10,14-16,18,25H,8-9,11-13H2,1H3,(H,26,32). The molecular formula is C24H26N6O2. The maximum atomic E-state index is 12.5. The van der Waals surface area contributed by atoms with Crippen LogP contribution in [0.1, 0.15) is 41.5 Å². The SMILES string of the molecule is CC1CC(CNCc2ccc3nc(CNC(=O)c4cc(=O)n5ccccc5n4)cn3c2)C1. The van der Waals surface area contributed by atoms with Gasteiger partial charge in [0.2, 0.25) is 0 Å². The summed E-state index contributed by atoms with van der Waals surface area (Å²) in [6.07, 6.45) is 8.25. The third-order valence-electron chi connectivity index (χ3n) is 6.03. The minimum atomic E-state index is -0.402. The van der Waals surface area contributed by atoms with Crippen molar-refractivity contribution in [3.8, 4) is 0 Å². The van der Waals surface area contributed by atoms with Crippen LogP contribution in [0.5, 0.6) is 0 Å². The molecule has 8 heteroatoms. The Morgan fingerprint density at radius 3 is 2.81 bits per heavy atom. The topological polar surface area (TPSA) is 92.8 Å². The van der Waals surface area contributed by atoms with Gasteiger partial charge in [0, 0.05) is 31.2 Å². The van der Waals surface area contributed by atoms with Crippen LogP contribution in [0.25, 0.3) is 11.3 Å². The number of pyridine rings is 2. The number of rotatable bonds is 7. The normalized spacial score (nSPS) is 18.0. The zero-order valence-electron chi connectivity index (χ0n) is 18.0. The molecule has 1 saturated carbocycles. The van der Waals surface area contributed by atoms with E-state index in [2.05, 4.69) is 39.8 Å². The molecule has 1 fully saturated rings. The van der Waals surface area contributed by atoms with Gasteiger partial charge in [0.1, 0.15) is 17.0 Å². The molecule has 0 atom stereocenters. The fourth-order valence-corrected chi connectivity index (χ4v) is 4.37. The third kappa shape index (κ3) is 4.27. The lowest BCUT2D eigenvalue weighted by Crippen LogP contribution is -2.31. The molecule has 1 aliphatic carbocycles. The van der Waals surface area contributed by atoms with E-state index in [1.807, 2.05) is 16.7 Å². The van der Waals surface area contributed by atoms with Gasteiger partial charge in [0.15, 0.2) is 0 Å². The van der Waals surface area contributed by atoms with Crippen molar-refractivity contribution in [3.05, 3.63) is 82.3 Å². The number of carbonyl (C=O) groups excluding carboxylic acids is 1.